The van der Waals surface area contributed by atoms with Gasteiger partial charge < -0.3 is 0 Å². The van der Waals surface area contributed by atoms with E-state index in [1.54, 1.807) is 0 Å². The summed E-state index contributed by atoms with van der Waals surface area (Å²) in [4.78, 5) is 24.7. The van der Waals surface area contributed by atoms with Crippen LogP contribution in [-0.2, 0) is 21.9 Å². The molecule has 26 heavy (non-hydrogen) atoms. The quantitative estimate of drug-likeness (QED) is 0.522. The van der Waals surface area contributed by atoms with E-state index >= 15 is 0 Å². The number of rotatable bonds is 6. The molecule has 1 heterocycles. The first-order chi connectivity index (χ1) is 12.0. The Labute approximate surface area is 151 Å². The van der Waals surface area contributed by atoms with Gasteiger partial charge >= 0.3 is 5.69 Å². The van der Waals surface area contributed by atoms with E-state index in [0.29, 0.717) is 6.07 Å². The Hall–Kier alpha value is -2.77. The number of hydrogen-bond donors (Lipinski definition) is 0. The van der Waals surface area contributed by atoms with Crippen LogP contribution in [0, 0.1) is 27.2 Å². The molecule has 0 unspecified atom stereocenters. The van der Waals surface area contributed by atoms with Gasteiger partial charge in [-0.25, -0.2) is 0 Å². The second-order valence-electron chi connectivity index (χ2n) is 4.93. The number of benzene rings is 1. The highest BCUT2D eigenvalue weighted by Crippen LogP contribution is 2.37. The molecule has 0 N–H and O–H groups in total. The first-order valence-electron chi connectivity index (χ1n) is 6.73. The molecule has 2 aromatic rings. The molecule has 2 rings (SSSR count). The first-order valence-corrected chi connectivity index (χ1v) is 8.55. The number of nitrogens with zero attached hydrogens (tertiary/aromatic N) is 5. The normalized spacial score (nSPS) is 11.4. The SMILES string of the molecule is CON(c1ccc([N+](=O)[O-])cc1[N+](=O)[O-])S(=O)(=O)c1c(C)nn(C)c1Cl. The van der Waals surface area contributed by atoms with Crippen molar-refractivity contribution >= 4 is 38.7 Å². The standard InChI is InChI=1S/C12H12ClN5O7S/c1-7-11(12(13)15(2)14-7)26(23,24)18(25-3)9-5-4-8(16(19)20)6-10(9)17(21)22/h4-6H,1-3H3. The van der Waals surface area contributed by atoms with Gasteiger partial charge in [-0.1, -0.05) is 11.6 Å². The summed E-state index contributed by atoms with van der Waals surface area (Å²) in [5.41, 5.74) is -1.89. The van der Waals surface area contributed by atoms with E-state index in [9.17, 15) is 28.6 Å². The van der Waals surface area contributed by atoms with Gasteiger partial charge in [0.1, 0.15) is 10.0 Å². The van der Waals surface area contributed by atoms with Crippen LogP contribution in [-0.4, -0.2) is 35.2 Å². The molecule has 0 atom stereocenters. The number of nitro benzene ring substituents is 2. The molecule has 1 aromatic heterocycles. The zero-order chi connectivity index (χ0) is 19.8. The lowest BCUT2D eigenvalue weighted by atomic mass is 10.2. The molecule has 0 saturated carbocycles. The van der Waals surface area contributed by atoms with Crippen molar-refractivity contribution in [2.75, 3.05) is 11.6 Å². The number of non-ortho nitro benzene ring substituents is 1. The van der Waals surface area contributed by atoms with Crippen molar-refractivity contribution in [2.45, 2.75) is 11.8 Å². The fourth-order valence-electron chi connectivity index (χ4n) is 2.24. The van der Waals surface area contributed by atoms with E-state index < -0.39 is 41.8 Å². The molecule has 140 valence electrons. The van der Waals surface area contributed by atoms with E-state index in [1.807, 2.05) is 0 Å². The number of aromatic nitrogens is 2. The molecule has 0 aliphatic heterocycles. The van der Waals surface area contributed by atoms with Crippen molar-refractivity contribution in [3.05, 3.63) is 49.3 Å². The van der Waals surface area contributed by atoms with Crippen molar-refractivity contribution in [2.24, 2.45) is 7.05 Å². The topological polar surface area (TPSA) is 151 Å². The predicted molar refractivity (Wildman–Crippen MR) is 89.4 cm³/mol. The molecule has 0 aliphatic rings. The van der Waals surface area contributed by atoms with Gasteiger partial charge in [0.05, 0.1) is 28.7 Å². The summed E-state index contributed by atoms with van der Waals surface area (Å²) in [5.74, 6) is 0. The molecule has 0 fully saturated rings. The largest absolute Gasteiger partial charge is 0.303 e. The van der Waals surface area contributed by atoms with Crippen LogP contribution in [0.3, 0.4) is 0 Å². The van der Waals surface area contributed by atoms with Crippen LogP contribution in [0.4, 0.5) is 17.1 Å². The molecule has 0 radical (unpaired) electrons. The van der Waals surface area contributed by atoms with Gasteiger partial charge in [-0.05, 0) is 13.0 Å². The average Bonchev–Trinajstić information content (AvgIpc) is 2.80. The van der Waals surface area contributed by atoms with Crippen LogP contribution in [0.2, 0.25) is 5.15 Å². The van der Waals surface area contributed by atoms with Gasteiger partial charge in [-0.2, -0.15) is 13.5 Å². The molecule has 12 nitrogen and oxygen atoms in total. The van der Waals surface area contributed by atoms with E-state index in [2.05, 4.69) is 5.10 Å². The lowest BCUT2D eigenvalue weighted by Crippen LogP contribution is -2.31. The Morgan fingerprint density at radius 3 is 2.31 bits per heavy atom. The zero-order valence-corrected chi connectivity index (χ0v) is 15.2. The third-order valence-corrected chi connectivity index (χ3v) is 5.64. The summed E-state index contributed by atoms with van der Waals surface area (Å²) >= 11 is 5.97. The fourth-order valence-corrected chi connectivity index (χ4v) is 4.24. The molecule has 0 amide bonds. The van der Waals surface area contributed by atoms with Crippen LogP contribution in [0.1, 0.15) is 5.69 Å². The van der Waals surface area contributed by atoms with Crippen molar-refractivity contribution in [1.82, 2.24) is 9.78 Å². The van der Waals surface area contributed by atoms with E-state index in [1.165, 1.54) is 14.0 Å². The van der Waals surface area contributed by atoms with E-state index in [4.69, 9.17) is 16.4 Å². The predicted octanol–water partition coefficient (Wildman–Crippen LogP) is 1.96. The minimum absolute atomic E-state index is 0.0455. The third-order valence-electron chi connectivity index (χ3n) is 3.31. The minimum Gasteiger partial charge on any atom is -0.262 e. The van der Waals surface area contributed by atoms with Gasteiger partial charge in [0, 0.05) is 13.1 Å². The summed E-state index contributed by atoms with van der Waals surface area (Å²) < 4.78 is 27.2. The minimum atomic E-state index is -4.51. The van der Waals surface area contributed by atoms with Gasteiger partial charge in [0.2, 0.25) is 0 Å². The second-order valence-corrected chi connectivity index (χ2v) is 6.98. The fraction of sp³-hybridized carbons (Fsp3) is 0.250. The second kappa shape index (κ2) is 6.86. The molecule has 0 saturated heterocycles. The van der Waals surface area contributed by atoms with E-state index in [0.717, 1.165) is 23.9 Å². The van der Waals surface area contributed by atoms with Crippen molar-refractivity contribution < 1.29 is 23.1 Å². The van der Waals surface area contributed by atoms with Crippen molar-refractivity contribution in [1.29, 1.82) is 0 Å². The lowest BCUT2D eigenvalue weighted by Gasteiger charge is -2.20. The Morgan fingerprint density at radius 1 is 1.27 bits per heavy atom. The van der Waals surface area contributed by atoms with Gasteiger partial charge in [-0.3, -0.25) is 29.7 Å². The summed E-state index contributed by atoms with van der Waals surface area (Å²) in [6, 6.07) is 2.45. The number of sulfonamides is 1. The molecular weight excluding hydrogens is 394 g/mol. The molecule has 14 heteroatoms. The third kappa shape index (κ3) is 3.18. The number of aryl methyl sites for hydroxylation is 2. The summed E-state index contributed by atoms with van der Waals surface area (Å²) in [6.07, 6.45) is 0. The van der Waals surface area contributed by atoms with Crippen LogP contribution < -0.4 is 4.47 Å². The van der Waals surface area contributed by atoms with Gasteiger partial charge in [-0.15, -0.1) is 4.47 Å². The van der Waals surface area contributed by atoms with Gasteiger partial charge in [0.25, 0.3) is 15.7 Å². The first kappa shape index (κ1) is 19.6. The molecule has 1 aromatic carbocycles. The zero-order valence-electron chi connectivity index (χ0n) is 13.6. The van der Waals surface area contributed by atoms with Crippen LogP contribution in [0.25, 0.3) is 0 Å². The Bertz CT molecular complexity index is 1000. The smallest absolute Gasteiger partial charge is 0.262 e. The highest BCUT2D eigenvalue weighted by atomic mass is 35.5. The maximum atomic E-state index is 12.9. The number of hydrogen-bond acceptors (Lipinski definition) is 8. The summed E-state index contributed by atoms with van der Waals surface area (Å²) in [6.45, 7) is 1.39. The molecule has 0 aliphatic carbocycles. The lowest BCUT2D eigenvalue weighted by molar-refractivity contribution is -0.393. The number of halogens is 1. The Kier molecular flexibility index (Phi) is 5.16. The maximum Gasteiger partial charge on any atom is 0.303 e. The monoisotopic (exact) mass is 405 g/mol. The van der Waals surface area contributed by atoms with Gasteiger partial charge in [0.15, 0.2) is 5.69 Å². The van der Waals surface area contributed by atoms with Crippen molar-refractivity contribution in [3.63, 3.8) is 0 Å². The highest BCUT2D eigenvalue weighted by Gasteiger charge is 2.36. The maximum absolute atomic E-state index is 12.9. The number of anilines is 1. The van der Waals surface area contributed by atoms with Crippen LogP contribution in [0.15, 0.2) is 23.1 Å². The van der Waals surface area contributed by atoms with E-state index in [-0.39, 0.29) is 15.3 Å². The summed E-state index contributed by atoms with van der Waals surface area (Å²) in [5, 5.41) is 25.8. The number of nitro groups is 2. The highest BCUT2D eigenvalue weighted by molar-refractivity contribution is 7.92. The Balaban J connectivity index is 2.72. The molecule has 0 spiro atoms. The van der Waals surface area contributed by atoms with Crippen LogP contribution >= 0.6 is 11.6 Å². The molecule has 0 bridgehead atoms. The van der Waals surface area contributed by atoms with Crippen LogP contribution in [0.5, 0.6) is 0 Å². The Morgan fingerprint density at radius 2 is 1.88 bits per heavy atom. The summed E-state index contributed by atoms with van der Waals surface area (Å²) in [7, 11) is -2.12. The van der Waals surface area contributed by atoms with Crippen molar-refractivity contribution in [3.8, 4) is 0 Å². The molecular formula is C12H12ClN5O7S. The average molecular weight is 406 g/mol.